The van der Waals surface area contributed by atoms with E-state index in [1.54, 1.807) is 16.2 Å². The Balaban J connectivity index is 1.77. The van der Waals surface area contributed by atoms with E-state index >= 15 is 0 Å². The van der Waals surface area contributed by atoms with Crippen LogP contribution in [0.2, 0.25) is 0 Å². The van der Waals surface area contributed by atoms with Crippen molar-refractivity contribution in [1.29, 1.82) is 0 Å². The Hall–Kier alpha value is -1.56. The average Bonchev–Trinajstić information content (AvgIpc) is 2.98. The molecule has 0 bridgehead atoms. The van der Waals surface area contributed by atoms with E-state index in [1.165, 1.54) is 0 Å². The van der Waals surface area contributed by atoms with Gasteiger partial charge in [-0.15, -0.1) is 0 Å². The van der Waals surface area contributed by atoms with Gasteiger partial charge in [-0.2, -0.15) is 11.3 Å². The van der Waals surface area contributed by atoms with Crippen LogP contribution in [0.4, 0.5) is 4.79 Å². The second kappa shape index (κ2) is 6.47. The standard InChI is InChI=1S/C15H22N2O3S/c1-15(2,3)20-14(19)17-6-4-12(9-17)16-13(18)8-11-5-7-21-10-11/h5,7,10,12H,4,6,8-9H2,1-3H3,(H,16,18)/t12-/m1/s1. The van der Waals surface area contributed by atoms with Crippen LogP contribution < -0.4 is 5.32 Å². The van der Waals surface area contributed by atoms with Crippen molar-refractivity contribution in [2.24, 2.45) is 0 Å². The molecule has 1 atom stereocenters. The van der Waals surface area contributed by atoms with Crippen LogP contribution in [0.1, 0.15) is 32.8 Å². The van der Waals surface area contributed by atoms with E-state index in [4.69, 9.17) is 4.74 Å². The van der Waals surface area contributed by atoms with Gasteiger partial charge in [0.05, 0.1) is 6.42 Å². The number of thiophene rings is 1. The summed E-state index contributed by atoms with van der Waals surface area (Å²) in [5.74, 6) is 0.00411. The first-order chi connectivity index (χ1) is 9.83. The minimum atomic E-state index is -0.489. The van der Waals surface area contributed by atoms with Crippen LogP contribution in [-0.2, 0) is 16.0 Å². The van der Waals surface area contributed by atoms with E-state index in [1.807, 2.05) is 37.6 Å². The number of hydrogen-bond acceptors (Lipinski definition) is 4. The van der Waals surface area contributed by atoms with Crippen LogP contribution in [0.25, 0.3) is 0 Å². The highest BCUT2D eigenvalue weighted by Gasteiger charge is 2.30. The Morgan fingerprint density at radius 1 is 1.48 bits per heavy atom. The number of nitrogens with zero attached hydrogens (tertiary/aromatic N) is 1. The smallest absolute Gasteiger partial charge is 0.410 e. The molecule has 0 aliphatic carbocycles. The van der Waals surface area contributed by atoms with E-state index in [0.29, 0.717) is 19.5 Å². The highest BCUT2D eigenvalue weighted by Crippen LogP contribution is 2.15. The van der Waals surface area contributed by atoms with Gasteiger partial charge in [-0.05, 0) is 49.6 Å². The summed E-state index contributed by atoms with van der Waals surface area (Å²) in [6, 6.07) is 1.97. The lowest BCUT2D eigenvalue weighted by molar-refractivity contribution is -0.121. The maximum absolute atomic E-state index is 11.9. The van der Waals surface area contributed by atoms with Crippen LogP contribution >= 0.6 is 11.3 Å². The third-order valence-corrected chi connectivity index (χ3v) is 3.88. The third kappa shape index (κ3) is 5.04. The molecule has 1 saturated heterocycles. The number of carbonyl (C=O) groups excluding carboxylic acids is 2. The van der Waals surface area contributed by atoms with Gasteiger partial charge in [0.1, 0.15) is 5.60 Å². The first-order valence-electron chi connectivity index (χ1n) is 7.12. The lowest BCUT2D eigenvalue weighted by Gasteiger charge is -2.24. The molecule has 2 heterocycles. The summed E-state index contributed by atoms with van der Waals surface area (Å²) in [7, 11) is 0. The molecule has 1 aliphatic heterocycles. The molecule has 0 saturated carbocycles. The second-order valence-corrected chi connectivity index (χ2v) is 7.07. The molecular formula is C15H22N2O3S. The summed E-state index contributed by atoms with van der Waals surface area (Å²) in [5.41, 5.74) is 0.539. The van der Waals surface area contributed by atoms with Gasteiger partial charge in [-0.25, -0.2) is 4.79 Å². The summed E-state index contributed by atoms with van der Waals surface area (Å²) in [5, 5.41) is 6.92. The molecule has 1 aromatic rings. The van der Waals surface area contributed by atoms with E-state index in [0.717, 1.165) is 12.0 Å². The van der Waals surface area contributed by atoms with Gasteiger partial charge in [-0.1, -0.05) is 0 Å². The Morgan fingerprint density at radius 2 is 2.24 bits per heavy atom. The van der Waals surface area contributed by atoms with Crippen LogP contribution in [0.5, 0.6) is 0 Å². The molecule has 0 spiro atoms. The molecule has 6 heteroatoms. The van der Waals surface area contributed by atoms with Crippen molar-refractivity contribution in [3.05, 3.63) is 22.4 Å². The number of amides is 2. The fourth-order valence-corrected chi connectivity index (χ4v) is 2.90. The molecule has 2 rings (SSSR count). The van der Waals surface area contributed by atoms with Crippen LogP contribution in [-0.4, -0.2) is 41.6 Å². The normalized spacial score (nSPS) is 18.6. The molecule has 1 N–H and O–H groups in total. The average molecular weight is 310 g/mol. The number of carbonyl (C=O) groups is 2. The van der Waals surface area contributed by atoms with Crippen molar-refractivity contribution in [2.45, 2.75) is 45.3 Å². The van der Waals surface area contributed by atoms with Crippen molar-refractivity contribution in [3.63, 3.8) is 0 Å². The molecule has 0 unspecified atom stereocenters. The van der Waals surface area contributed by atoms with E-state index in [2.05, 4.69) is 5.32 Å². The van der Waals surface area contributed by atoms with Gasteiger partial charge in [0.15, 0.2) is 0 Å². The zero-order valence-electron chi connectivity index (χ0n) is 12.7. The van der Waals surface area contributed by atoms with E-state index in [-0.39, 0.29) is 18.0 Å². The first kappa shape index (κ1) is 15.8. The molecule has 5 nitrogen and oxygen atoms in total. The van der Waals surface area contributed by atoms with E-state index in [9.17, 15) is 9.59 Å². The maximum Gasteiger partial charge on any atom is 0.410 e. The molecule has 21 heavy (non-hydrogen) atoms. The van der Waals surface area contributed by atoms with Crippen LogP contribution in [0.15, 0.2) is 16.8 Å². The Morgan fingerprint density at radius 3 is 2.86 bits per heavy atom. The zero-order chi connectivity index (χ0) is 15.5. The summed E-state index contributed by atoms with van der Waals surface area (Å²) in [6.45, 7) is 6.69. The molecule has 1 aromatic heterocycles. The molecule has 1 aliphatic rings. The molecular weight excluding hydrogens is 288 g/mol. The van der Waals surface area contributed by atoms with Crippen molar-refractivity contribution in [1.82, 2.24) is 10.2 Å². The van der Waals surface area contributed by atoms with Crippen molar-refractivity contribution in [3.8, 4) is 0 Å². The largest absolute Gasteiger partial charge is 0.444 e. The van der Waals surface area contributed by atoms with Crippen molar-refractivity contribution in [2.75, 3.05) is 13.1 Å². The van der Waals surface area contributed by atoms with E-state index < -0.39 is 5.60 Å². The Bertz CT molecular complexity index is 494. The highest BCUT2D eigenvalue weighted by molar-refractivity contribution is 7.07. The predicted molar refractivity (Wildman–Crippen MR) is 82.4 cm³/mol. The monoisotopic (exact) mass is 310 g/mol. The van der Waals surface area contributed by atoms with Crippen molar-refractivity contribution >= 4 is 23.3 Å². The minimum absolute atomic E-state index is 0.00411. The highest BCUT2D eigenvalue weighted by atomic mass is 32.1. The predicted octanol–water partition coefficient (Wildman–Crippen LogP) is 2.42. The Kier molecular flexibility index (Phi) is 4.88. The minimum Gasteiger partial charge on any atom is -0.444 e. The quantitative estimate of drug-likeness (QED) is 0.933. The number of rotatable bonds is 3. The molecule has 0 aromatic carbocycles. The van der Waals surface area contributed by atoms with Gasteiger partial charge in [0.25, 0.3) is 0 Å². The summed E-state index contributed by atoms with van der Waals surface area (Å²) in [4.78, 5) is 25.5. The number of ether oxygens (including phenoxy) is 1. The molecule has 0 radical (unpaired) electrons. The number of hydrogen-bond donors (Lipinski definition) is 1. The lowest BCUT2D eigenvalue weighted by Crippen LogP contribution is -2.40. The molecule has 1 fully saturated rings. The number of nitrogens with one attached hydrogen (secondary N) is 1. The fraction of sp³-hybridized carbons (Fsp3) is 0.600. The number of likely N-dealkylation sites (tertiary alicyclic amines) is 1. The fourth-order valence-electron chi connectivity index (χ4n) is 2.23. The Labute approximate surface area is 129 Å². The summed E-state index contributed by atoms with van der Waals surface area (Å²) < 4.78 is 5.34. The molecule has 2 amide bonds. The van der Waals surface area contributed by atoms with Crippen LogP contribution in [0.3, 0.4) is 0 Å². The van der Waals surface area contributed by atoms with Gasteiger partial charge in [0, 0.05) is 19.1 Å². The maximum atomic E-state index is 11.9. The van der Waals surface area contributed by atoms with Crippen LogP contribution in [0, 0.1) is 0 Å². The van der Waals surface area contributed by atoms with Gasteiger partial charge >= 0.3 is 6.09 Å². The van der Waals surface area contributed by atoms with Gasteiger partial charge < -0.3 is 15.0 Å². The SMILES string of the molecule is CC(C)(C)OC(=O)N1CC[C@@H](NC(=O)Cc2ccsc2)C1. The topological polar surface area (TPSA) is 58.6 Å². The zero-order valence-corrected chi connectivity index (χ0v) is 13.5. The second-order valence-electron chi connectivity index (χ2n) is 6.29. The van der Waals surface area contributed by atoms with Gasteiger partial charge in [-0.3, -0.25) is 4.79 Å². The first-order valence-corrected chi connectivity index (χ1v) is 8.06. The molecule has 116 valence electrons. The van der Waals surface area contributed by atoms with Gasteiger partial charge in [0.2, 0.25) is 5.91 Å². The summed E-state index contributed by atoms with van der Waals surface area (Å²) >= 11 is 1.58. The lowest BCUT2D eigenvalue weighted by atomic mass is 10.2. The third-order valence-electron chi connectivity index (χ3n) is 3.15. The summed E-state index contributed by atoms with van der Waals surface area (Å²) in [6.07, 6.45) is 0.859. The van der Waals surface area contributed by atoms with Crippen molar-refractivity contribution < 1.29 is 14.3 Å².